The van der Waals surface area contributed by atoms with Gasteiger partial charge in [0.15, 0.2) is 0 Å². The summed E-state index contributed by atoms with van der Waals surface area (Å²) < 4.78 is 0. The average molecular weight is 524 g/mol. The normalized spacial score (nSPS) is 14.8. The van der Waals surface area contributed by atoms with Gasteiger partial charge in [0.25, 0.3) is 0 Å². The number of benzene rings is 1. The van der Waals surface area contributed by atoms with Gasteiger partial charge in [-0.05, 0) is 23.6 Å². The van der Waals surface area contributed by atoms with Crippen molar-refractivity contribution in [2.24, 2.45) is 17.4 Å². The highest BCUT2D eigenvalue weighted by molar-refractivity contribution is 5.96. The number of primary amides is 1. The van der Waals surface area contributed by atoms with Gasteiger partial charge in [0.05, 0.1) is 18.9 Å². The van der Waals surface area contributed by atoms with Crippen molar-refractivity contribution in [2.75, 3.05) is 0 Å². The third-order valence-corrected chi connectivity index (χ3v) is 5.56. The lowest BCUT2D eigenvalue weighted by Crippen LogP contribution is -2.58. The van der Waals surface area contributed by atoms with E-state index >= 15 is 0 Å². The van der Waals surface area contributed by atoms with Crippen LogP contribution in [0.4, 0.5) is 0 Å². The van der Waals surface area contributed by atoms with Crippen molar-refractivity contribution in [2.45, 2.75) is 63.7 Å². The van der Waals surface area contributed by atoms with Crippen LogP contribution in [0.15, 0.2) is 24.3 Å². The highest BCUT2D eigenvalue weighted by Gasteiger charge is 2.33. The fourth-order valence-electron chi connectivity index (χ4n) is 3.26. The van der Waals surface area contributed by atoms with Gasteiger partial charge >= 0.3 is 11.9 Å². The molecule has 0 saturated heterocycles. The van der Waals surface area contributed by atoms with E-state index in [2.05, 4.69) is 16.0 Å². The van der Waals surface area contributed by atoms with Gasteiger partial charge in [-0.15, -0.1) is 0 Å². The zero-order chi connectivity index (χ0) is 28.3. The maximum Gasteiger partial charge on any atom is 0.326 e. The molecule has 1 aromatic rings. The van der Waals surface area contributed by atoms with E-state index in [1.807, 2.05) is 0 Å². The Bertz CT molecular complexity index is 999. The molecule has 0 aliphatic rings. The Morgan fingerprint density at radius 2 is 1.41 bits per heavy atom. The Morgan fingerprint density at radius 3 is 1.89 bits per heavy atom. The van der Waals surface area contributed by atoms with E-state index in [-0.39, 0.29) is 12.2 Å². The number of hydrogen-bond donors (Lipinski definition) is 8. The molecule has 0 heterocycles. The van der Waals surface area contributed by atoms with Crippen LogP contribution in [0, 0.1) is 5.92 Å². The summed E-state index contributed by atoms with van der Waals surface area (Å²) in [6.45, 7) is 3.37. The van der Waals surface area contributed by atoms with E-state index in [9.17, 15) is 44.1 Å². The van der Waals surface area contributed by atoms with Gasteiger partial charge < -0.3 is 42.7 Å². The lowest BCUT2D eigenvalue weighted by molar-refractivity contribution is -0.144. The highest BCUT2D eigenvalue weighted by Crippen LogP contribution is 2.13. The molecule has 0 aliphatic heterocycles. The molecule has 204 valence electrons. The number of rotatable bonds is 15. The summed E-state index contributed by atoms with van der Waals surface area (Å²) in [5.74, 6) is -7.05. The molecule has 0 saturated carbocycles. The number of carboxylic acids is 2. The summed E-state index contributed by atoms with van der Waals surface area (Å²) >= 11 is 0. The Morgan fingerprint density at radius 1 is 0.865 bits per heavy atom. The second kappa shape index (κ2) is 14.4. The summed E-state index contributed by atoms with van der Waals surface area (Å²) in [6, 6.07) is -0.117. The van der Waals surface area contributed by atoms with Gasteiger partial charge in [-0.25, -0.2) is 4.79 Å². The van der Waals surface area contributed by atoms with Crippen LogP contribution >= 0.6 is 0 Å². The highest BCUT2D eigenvalue weighted by atomic mass is 16.4. The predicted octanol–water partition coefficient (Wildman–Crippen LogP) is -1.80. The number of amides is 4. The van der Waals surface area contributed by atoms with E-state index in [4.69, 9.17) is 11.5 Å². The predicted molar refractivity (Wildman–Crippen MR) is 129 cm³/mol. The van der Waals surface area contributed by atoms with Gasteiger partial charge in [0.1, 0.15) is 23.9 Å². The van der Waals surface area contributed by atoms with Crippen LogP contribution in [0.5, 0.6) is 5.75 Å². The first kappa shape index (κ1) is 30.8. The van der Waals surface area contributed by atoms with Crippen LogP contribution in [0.25, 0.3) is 0 Å². The molecule has 0 radical (unpaired) electrons. The van der Waals surface area contributed by atoms with Crippen LogP contribution in [0.2, 0.25) is 0 Å². The second-order valence-corrected chi connectivity index (χ2v) is 8.58. The Labute approximate surface area is 212 Å². The molecule has 10 N–H and O–H groups in total. The number of carbonyl (C=O) groups excluding carboxylic acids is 4. The molecular formula is C23H33N5O9. The smallest absolute Gasteiger partial charge is 0.326 e. The van der Waals surface area contributed by atoms with Crippen molar-refractivity contribution >= 4 is 35.6 Å². The van der Waals surface area contributed by atoms with Gasteiger partial charge in [0.2, 0.25) is 23.6 Å². The van der Waals surface area contributed by atoms with Crippen molar-refractivity contribution in [3.05, 3.63) is 29.8 Å². The van der Waals surface area contributed by atoms with Crippen molar-refractivity contribution in [1.82, 2.24) is 16.0 Å². The van der Waals surface area contributed by atoms with Crippen molar-refractivity contribution in [3.8, 4) is 5.75 Å². The lowest BCUT2D eigenvalue weighted by Gasteiger charge is -2.26. The molecule has 1 aromatic carbocycles. The van der Waals surface area contributed by atoms with Crippen LogP contribution < -0.4 is 27.4 Å². The zero-order valence-corrected chi connectivity index (χ0v) is 20.5. The number of aliphatic carboxylic acids is 2. The molecule has 1 rings (SSSR count). The molecule has 14 heteroatoms. The van der Waals surface area contributed by atoms with Crippen LogP contribution in [0.3, 0.4) is 0 Å². The van der Waals surface area contributed by atoms with Gasteiger partial charge in [-0.2, -0.15) is 0 Å². The van der Waals surface area contributed by atoms with Crippen molar-refractivity contribution in [1.29, 1.82) is 0 Å². The molecule has 0 aliphatic carbocycles. The number of nitrogens with one attached hydrogen (secondary N) is 3. The first-order valence-corrected chi connectivity index (χ1v) is 11.4. The molecule has 5 atom stereocenters. The van der Waals surface area contributed by atoms with Gasteiger partial charge in [-0.3, -0.25) is 24.0 Å². The summed E-state index contributed by atoms with van der Waals surface area (Å²) in [5.41, 5.74) is 11.0. The molecule has 37 heavy (non-hydrogen) atoms. The first-order valence-electron chi connectivity index (χ1n) is 11.4. The average Bonchev–Trinajstić information content (AvgIpc) is 2.81. The fourth-order valence-corrected chi connectivity index (χ4v) is 3.26. The number of phenols is 1. The molecule has 0 spiro atoms. The molecule has 0 fully saturated rings. The van der Waals surface area contributed by atoms with Gasteiger partial charge in [0, 0.05) is 6.42 Å². The third-order valence-electron chi connectivity index (χ3n) is 5.56. The summed E-state index contributed by atoms with van der Waals surface area (Å²) in [6.07, 6.45) is -1.14. The molecule has 4 amide bonds. The van der Waals surface area contributed by atoms with E-state index in [1.54, 1.807) is 13.8 Å². The molecule has 14 nitrogen and oxygen atoms in total. The quantitative estimate of drug-likeness (QED) is 0.128. The van der Waals surface area contributed by atoms with Gasteiger partial charge in [-0.1, -0.05) is 32.4 Å². The lowest BCUT2D eigenvalue weighted by atomic mass is 9.98. The van der Waals surface area contributed by atoms with Crippen molar-refractivity contribution < 1.29 is 44.1 Å². The number of nitrogens with two attached hydrogens (primary N) is 2. The third kappa shape index (κ3) is 10.5. The monoisotopic (exact) mass is 523 g/mol. The Kier molecular flexibility index (Phi) is 12.0. The van der Waals surface area contributed by atoms with E-state index in [0.29, 0.717) is 12.0 Å². The molecular weight excluding hydrogens is 490 g/mol. The number of hydrogen-bond acceptors (Lipinski definition) is 8. The second-order valence-electron chi connectivity index (χ2n) is 8.58. The maximum atomic E-state index is 13.1. The molecule has 0 bridgehead atoms. The minimum Gasteiger partial charge on any atom is -0.508 e. The SMILES string of the molecule is CCC(C)C(NC(=O)C(Cc1ccc(O)cc1)NC(=O)C(CC(=O)O)NC(=O)C(N)CC(N)=O)C(=O)O. The van der Waals surface area contributed by atoms with Crippen LogP contribution in [-0.2, 0) is 35.2 Å². The summed E-state index contributed by atoms with van der Waals surface area (Å²) in [4.78, 5) is 72.3. The van der Waals surface area contributed by atoms with Crippen LogP contribution in [0.1, 0.15) is 38.7 Å². The maximum absolute atomic E-state index is 13.1. The zero-order valence-electron chi connectivity index (χ0n) is 20.5. The minimum absolute atomic E-state index is 0.0481. The van der Waals surface area contributed by atoms with E-state index in [0.717, 1.165) is 0 Å². The minimum atomic E-state index is -1.68. The van der Waals surface area contributed by atoms with E-state index < -0.39 is 78.5 Å². The van der Waals surface area contributed by atoms with Crippen molar-refractivity contribution in [3.63, 3.8) is 0 Å². The number of carbonyl (C=O) groups is 6. The molecule has 0 aromatic heterocycles. The Balaban J connectivity index is 3.20. The number of phenolic OH excluding ortho intramolecular Hbond substituents is 1. The van der Waals surface area contributed by atoms with E-state index in [1.165, 1.54) is 24.3 Å². The largest absolute Gasteiger partial charge is 0.508 e. The number of carboxylic acid groups (broad SMARTS) is 2. The Hall–Kier alpha value is -4.20. The first-order chi connectivity index (χ1) is 17.2. The fraction of sp³-hybridized carbons (Fsp3) is 0.478. The standard InChI is InChI=1S/C23H33N5O9/c1-3-11(2)19(23(36)37)28-22(35)15(8-12-4-6-13(29)7-5-12)27-21(34)16(10-18(31)32)26-20(33)14(24)9-17(25)30/h4-7,11,14-16,19,29H,3,8-10,24H2,1-2H3,(H2,25,30)(H,26,33)(H,27,34)(H,28,35)(H,31,32)(H,36,37). The van der Waals surface area contributed by atoms with Crippen LogP contribution in [-0.4, -0.2) is 75.1 Å². The topological polar surface area (TPSA) is 251 Å². The summed E-state index contributed by atoms with van der Waals surface area (Å²) in [7, 11) is 0. The molecule has 5 unspecified atom stereocenters. The summed E-state index contributed by atoms with van der Waals surface area (Å²) in [5, 5.41) is 35.1. The number of aromatic hydroxyl groups is 1.